The van der Waals surface area contributed by atoms with Crippen molar-refractivity contribution >= 4 is 25.4 Å². The van der Waals surface area contributed by atoms with E-state index < -0.39 is 19.7 Å². The van der Waals surface area contributed by atoms with Gasteiger partial charge in [-0.25, -0.2) is 16.8 Å². The average Bonchev–Trinajstić information content (AvgIpc) is 3.15. The highest BCUT2D eigenvalue weighted by Gasteiger charge is 2.25. The van der Waals surface area contributed by atoms with Crippen LogP contribution in [0.1, 0.15) is 31.1 Å². The molecule has 28 heavy (non-hydrogen) atoms. The van der Waals surface area contributed by atoms with Crippen molar-refractivity contribution in [2.24, 2.45) is 0 Å². The summed E-state index contributed by atoms with van der Waals surface area (Å²) in [7, 11) is -7.11. The summed E-state index contributed by atoms with van der Waals surface area (Å²) in [6, 6.07) is 7.89. The van der Waals surface area contributed by atoms with Gasteiger partial charge in [0.15, 0.2) is 19.7 Å². The van der Waals surface area contributed by atoms with Gasteiger partial charge in [0.25, 0.3) is 0 Å². The van der Waals surface area contributed by atoms with Gasteiger partial charge < -0.3 is 9.73 Å². The lowest BCUT2D eigenvalue weighted by Crippen LogP contribution is -2.37. The first-order chi connectivity index (χ1) is 13.2. The van der Waals surface area contributed by atoms with Crippen LogP contribution in [0.4, 0.5) is 5.69 Å². The first-order valence-electron chi connectivity index (χ1n) is 9.22. The molecule has 1 N–H and O–H groups in total. The zero-order valence-electron chi connectivity index (χ0n) is 16.1. The van der Waals surface area contributed by atoms with Crippen LogP contribution in [0, 0.1) is 0 Å². The van der Waals surface area contributed by atoms with Crippen molar-refractivity contribution in [1.82, 2.24) is 4.90 Å². The molecule has 1 aliphatic rings. The maximum absolute atomic E-state index is 12.2. The third-order valence-corrected chi connectivity index (χ3v) is 7.22. The van der Waals surface area contributed by atoms with E-state index in [0.29, 0.717) is 12.2 Å². The lowest BCUT2D eigenvalue weighted by molar-refractivity contribution is 0.153. The minimum absolute atomic E-state index is 0.0166. The van der Waals surface area contributed by atoms with E-state index in [0.717, 1.165) is 44.2 Å². The molecule has 1 aromatic heterocycles. The average molecular weight is 427 g/mol. The zero-order chi connectivity index (χ0) is 20.4. The molecule has 7 nitrogen and oxygen atoms in total. The normalized spacial score (nSPS) is 17.4. The molecule has 2 heterocycles. The second kappa shape index (κ2) is 8.26. The predicted molar refractivity (Wildman–Crippen MR) is 108 cm³/mol. The fourth-order valence-electron chi connectivity index (χ4n) is 3.51. The number of sulfone groups is 2. The fraction of sp³-hybridized carbons (Fsp3) is 0.474. The van der Waals surface area contributed by atoms with Crippen molar-refractivity contribution in [2.75, 3.05) is 37.5 Å². The van der Waals surface area contributed by atoms with Crippen molar-refractivity contribution in [2.45, 2.75) is 35.1 Å². The van der Waals surface area contributed by atoms with E-state index in [1.165, 1.54) is 24.6 Å². The number of nitrogens with one attached hydrogen (secondary N) is 1. The van der Waals surface area contributed by atoms with Gasteiger partial charge >= 0.3 is 0 Å². The van der Waals surface area contributed by atoms with Crippen molar-refractivity contribution in [3.05, 3.63) is 42.4 Å². The Balaban J connectivity index is 1.89. The molecule has 1 saturated heterocycles. The largest absolute Gasteiger partial charge is 0.468 e. The van der Waals surface area contributed by atoms with Gasteiger partial charge in [-0.1, -0.05) is 6.42 Å². The summed E-state index contributed by atoms with van der Waals surface area (Å²) in [5, 5.41) is 3.21. The molecule has 0 aliphatic carbocycles. The molecular weight excluding hydrogens is 400 g/mol. The second-order valence-electron chi connectivity index (χ2n) is 7.21. The van der Waals surface area contributed by atoms with Crippen LogP contribution in [-0.4, -0.2) is 53.9 Å². The van der Waals surface area contributed by atoms with Gasteiger partial charge in [0.05, 0.1) is 27.8 Å². The molecule has 0 radical (unpaired) electrons. The molecule has 1 aliphatic heterocycles. The molecule has 1 atom stereocenters. The topological polar surface area (TPSA) is 96.7 Å². The van der Waals surface area contributed by atoms with Crippen LogP contribution in [0.25, 0.3) is 0 Å². The fourth-order valence-corrected chi connectivity index (χ4v) is 5.12. The summed E-state index contributed by atoms with van der Waals surface area (Å²) in [5.41, 5.74) is 0.392. The van der Waals surface area contributed by atoms with Gasteiger partial charge in [-0.3, -0.25) is 4.90 Å². The van der Waals surface area contributed by atoms with Gasteiger partial charge in [-0.15, -0.1) is 0 Å². The summed E-state index contributed by atoms with van der Waals surface area (Å²) in [4.78, 5) is 2.30. The van der Waals surface area contributed by atoms with E-state index >= 15 is 0 Å². The Morgan fingerprint density at radius 1 is 1.04 bits per heavy atom. The van der Waals surface area contributed by atoms with E-state index in [-0.39, 0.29) is 15.8 Å². The van der Waals surface area contributed by atoms with Crippen LogP contribution in [0.5, 0.6) is 0 Å². The van der Waals surface area contributed by atoms with Gasteiger partial charge in [-0.05, 0) is 56.3 Å². The Morgan fingerprint density at radius 3 is 2.32 bits per heavy atom. The molecule has 1 unspecified atom stereocenters. The predicted octanol–water partition coefficient (Wildman–Crippen LogP) is 2.73. The number of benzene rings is 1. The number of nitrogens with zero attached hydrogens (tertiary/aromatic N) is 1. The van der Waals surface area contributed by atoms with Crippen molar-refractivity contribution in [1.29, 1.82) is 0 Å². The molecule has 2 aromatic rings. The van der Waals surface area contributed by atoms with Gasteiger partial charge in [0.1, 0.15) is 5.76 Å². The highest BCUT2D eigenvalue weighted by Crippen LogP contribution is 2.29. The van der Waals surface area contributed by atoms with E-state index in [9.17, 15) is 16.8 Å². The number of hydrogen-bond donors (Lipinski definition) is 1. The standard InChI is InChI=1S/C19H26N2O5S2/c1-27(22,23)15-8-9-16(19(13-15)28(2,24)25)20-14-17(18-7-6-12-26-18)21-10-4-3-5-11-21/h6-9,12-13,17,20H,3-5,10-11,14H2,1-2H3. The van der Waals surface area contributed by atoms with Crippen LogP contribution in [-0.2, 0) is 19.7 Å². The van der Waals surface area contributed by atoms with Crippen LogP contribution >= 0.6 is 0 Å². The molecule has 0 amide bonds. The highest BCUT2D eigenvalue weighted by molar-refractivity contribution is 7.91. The van der Waals surface area contributed by atoms with E-state index in [1.807, 2.05) is 12.1 Å². The lowest BCUT2D eigenvalue weighted by atomic mass is 10.1. The minimum Gasteiger partial charge on any atom is -0.468 e. The summed E-state index contributed by atoms with van der Waals surface area (Å²) in [6.45, 7) is 2.37. The molecular formula is C19H26N2O5S2. The Labute approximate surface area is 166 Å². The van der Waals surface area contributed by atoms with Crippen LogP contribution in [0.3, 0.4) is 0 Å². The van der Waals surface area contributed by atoms with Gasteiger partial charge in [0, 0.05) is 19.1 Å². The molecule has 1 aromatic carbocycles. The Bertz CT molecular complexity index is 1010. The number of anilines is 1. The monoisotopic (exact) mass is 426 g/mol. The summed E-state index contributed by atoms with van der Waals surface area (Å²) >= 11 is 0. The van der Waals surface area contributed by atoms with Crippen molar-refractivity contribution in [3.8, 4) is 0 Å². The number of rotatable bonds is 7. The third-order valence-electron chi connectivity index (χ3n) is 4.97. The van der Waals surface area contributed by atoms with E-state index in [2.05, 4.69) is 10.2 Å². The van der Waals surface area contributed by atoms with E-state index in [1.54, 1.807) is 6.26 Å². The highest BCUT2D eigenvalue weighted by atomic mass is 32.2. The van der Waals surface area contributed by atoms with Gasteiger partial charge in [0.2, 0.25) is 0 Å². The zero-order valence-corrected chi connectivity index (χ0v) is 17.7. The van der Waals surface area contributed by atoms with Crippen molar-refractivity contribution < 1.29 is 21.3 Å². The summed E-state index contributed by atoms with van der Waals surface area (Å²) < 4.78 is 53.7. The second-order valence-corrected chi connectivity index (χ2v) is 11.2. The molecule has 0 saturated carbocycles. The van der Waals surface area contributed by atoms with Crippen molar-refractivity contribution in [3.63, 3.8) is 0 Å². The third kappa shape index (κ3) is 4.95. The van der Waals surface area contributed by atoms with Gasteiger partial charge in [-0.2, -0.15) is 0 Å². The molecule has 154 valence electrons. The molecule has 9 heteroatoms. The Hall–Kier alpha value is -1.84. The summed E-state index contributed by atoms with van der Waals surface area (Å²) in [5.74, 6) is 0.822. The van der Waals surface area contributed by atoms with Crippen LogP contribution < -0.4 is 5.32 Å². The first kappa shape index (κ1) is 20.9. The molecule has 0 spiro atoms. The first-order valence-corrected chi connectivity index (χ1v) is 13.0. The Kier molecular flexibility index (Phi) is 6.16. The number of likely N-dealkylation sites (tertiary alicyclic amines) is 1. The lowest BCUT2D eigenvalue weighted by Gasteiger charge is -2.33. The number of hydrogen-bond acceptors (Lipinski definition) is 7. The van der Waals surface area contributed by atoms with E-state index in [4.69, 9.17) is 4.42 Å². The molecule has 0 bridgehead atoms. The quantitative estimate of drug-likeness (QED) is 0.727. The summed E-state index contributed by atoms with van der Waals surface area (Å²) in [6.07, 6.45) is 7.22. The number of furan rings is 1. The maximum Gasteiger partial charge on any atom is 0.177 e. The number of piperidine rings is 1. The SMILES string of the molecule is CS(=O)(=O)c1ccc(NCC(c2ccco2)N2CCCCC2)c(S(C)(=O)=O)c1. The molecule has 3 rings (SSSR count). The van der Waals surface area contributed by atoms with Crippen LogP contribution in [0.15, 0.2) is 50.8 Å². The Morgan fingerprint density at radius 2 is 1.75 bits per heavy atom. The minimum atomic E-state index is -3.61. The smallest absolute Gasteiger partial charge is 0.177 e. The molecule has 1 fully saturated rings. The maximum atomic E-state index is 12.2. The van der Waals surface area contributed by atoms with Crippen LogP contribution in [0.2, 0.25) is 0 Å².